The van der Waals surface area contributed by atoms with Gasteiger partial charge in [-0.15, -0.1) is 0 Å². The predicted molar refractivity (Wildman–Crippen MR) is 55.8 cm³/mol. The number of hydrogen-bond donors (Lipinski definition) is 1. The van der Waals surface area contributed by atoms with Crippen molar-refractivity contribution in [2.75, 3.05) is 6.54 Å². The van der Waals surface area contributed by atoms with Crippen molar-refractivity contribution < 1.29 is 4.39 Å². The maximum absolute atomic E-state index is 13.7. The third kappa shape index (κ3) is 1.25. The first-order valence-corrected chi connectivity index (χ1v) is 5.07. The lowest BCUT2D eigenvalue weighted by Gasteiger charge is -2.18. The van der Waals surface area contributed by atoms with Crippen LogP contribution in [-0.2, 0) is 5.41 Å². The van der Waals surface area contributed by atoms with Crippen LogP contribution in [0.2, 0.25) is 0 Å². The molecule has 0 amide bonds. The van der Waals surface area contributed by atoms with Crippen LogP contribution in [0.5, 0.6) is 0 Å². The van der Waals surface area contributed by atoms with Crippen LogP contribution in [0.15, 0.2) is 12.1 Å². The molecule has 2 N–H and O–H groups in total. The number of benzene rings is 1. The van der Waals surface area contributed by atoms with Gasteiger partial charge in [0.2, 0.25) is 0 Å². The Hall–Kier alpha value is -0.890. The van der Waals surface area contributed by atoms with Gasteiger partial charge in [-0.1, -0.05) is 6.07 Å². The molecule has 1 aliphatic rings. The first-order chi connectivity index (χ1) is 6.60. The van der Waals surface area contributed by atoms with Gasteiger partial charge >= 0.3 is 0 Å². The highest BCUT2D eigenvalue weighted by Gasteiger charge is 2.45. The van der Waals surface area contributed by atoms with Gasteiger partial charge < -0.3 is 5.73 Å². The Balaban J connectivity index is 2.57. The van der Waals surface area contributed by atoms with Gasteiger partial charge in [0.1, 0.15) is 5.82 Å². The highest BCUT2D eigenvalue weighted by atomic mass is 19.1. The number of nitrogens with two attached hydrogens (primary N) is 1. The van der Waals surface area contributed by atoms with Gasteiger partial charge in [-0.05, 0) is 49.4 Å². The zero-order valence-corrected chi connectivity index (χ0v) is 8.73. The molecule has 76 valence electrons. The number of hydrogen-bond acceptors (Lipinski definition) is 1. The monoisotopic (exact) mass is 193 g/mol. The second kappa shape index (κ2) is 3.06. The molecule has 1 nitrogen and oxygen atoms in total. The van der Waals surface area contributed by atoms with Crippen LogP contribution in [0.3, 0.4) is 0 Å². The molecule has 2 heteroatoms. The minimum Gasteiger partial charge on any atom is -0.330 e. The van der Waals surface area contributed by atoms with E-state index in [4.69, 9.17) is 5.73 Å². The Kier molecular flexibility index (Phi) is 2.11. The Bertz CT molecular complexity index is 367. The largest absolute Gasteiger partial charge is 0.330 e. The molecule has 0 aliphatic heterocycles. The average Bonchev–Trinajstić information content (AvgIpc) is 2.93. The zero-order valence-electron chi connectivity index (χ0n) is 8.73. The molecule has 0 unspecified atom stereocenters. The van der Waals surface area contributed by atoms with Crippen LogP contribution in [0.1, 0.15) is 29.5 Å². The summed E-state index contributed by atoms with van der Waals surface area (Å²) in [6.07, 6.45) is 2.06. The third-order valence-corrected chi connectivity index (χ3v) is 3.46. The molecule has 0 bridgehead atoms. The molecule has 0 atom stereocenters. The number of halogens is 1. The molecule has 1 saturated carbocycles. The maximum Gasteiger partial charge on any atom is 0.127 e. The van der Waals surface area contributed by atoms with Gasteiger partial charge in [-0.2, -0.15) is 0 Å². The molecular weight excluding hydrogens is 177 g/mol. The fourth-order valence-electron chi connectivity index (χ4n) is 2.14. The molecule has 1 aromatic carbocycles. The molecule has 0 aromatic heterocycles. The molecule has 0 saturated heterocycles. The van der Waals surface area contributed by atoms with Crippen molar-refractivity contribution >= 4 is 0 Å². The van der Waals surface area contributed by atoms with Crippen molar-refractivity contribution in [1.29, 1.82) is 0 Å². The summed E-state index contributed by atoms with van der Waals surface area (Å²) in [5.74, 6) is -0.0870. The summed E-state index contributed by atoms with van der Waals surface area (Å²) in [4.78, 5) is 0. The van der Waals surface area contributed by atoms with Crippen molar-refractivity contribution in [1.82, 2.24) is 0 Å². The summed E-state index contributed by atoms with van der Waals surface area (Å²) in [6, 6.07) is 3.40. The molecule has 0 heterocycles. The van der Waals surface area contributed by atoms with Gasteiger partial charge in [-0.3, -0.25) is 0 Å². The zero-order chi connectivity index (χ0) is 10.3. The first kappa shape index (κ1) is 9.66. The summed E-state index contributed by atoms with van der Waals surface area (Å²) >= 11 is 0. The van der Waals surface area contributed by atoms with Crippen LogP contribution in [-0.4, -0.2) is 6.54 Å². The van der Waals surface area contributed by atoms with Crippen LogP contribution >= 0.6 is 0 Å². The van der Waals surface area contributed by atoms with E-state index in [0.29, 0.717) is 6.54 Å². The molecule has 1 aromatic rings. The molecular formula is C12H16FN. The summed E-state index contributed by atoms with van der Waals surface area (Å²) < 4.78 is 13.7. The smallest absolute Gasteiger partial charge is 0.127 e. The van der Waals surface area contributed by atoms with Crippen molar-refractivity contribution in [3.05, 3.63) is 34.6 Å². The molecule has 0 spiro atoms. The minimum absolute atomic E-state index is 0.0415. The number of aryl methyl sites for hydroxylation is 1. The Morgan fingerprint density at radius 3 is 2.50 bits per heavy atom. The Morgan fingerprint density at radius 1 is 1.36 bits per heavy atom. The van der Waals surface area contributed by atoms with E-state index < -0.39 is 0 Å². The normalized spacial score (nSPS) is 18.3. The fourth-order valence-corrected chi connectivity index (χ4v) is 2.14. The highest BCUT2D eigenvalue weighted by Crippen LogP contribution is 2.49. The van der Waals surface area contributed by atoms with E-state index in [1.54, 1.807) is 6.07 Å². The standard InChI is InChI=1S/C12H16FN/c1-8-3-4-10(13)11(9(8)2)12(7-14)5-6-12/h3-4H,5-7,14H2,1-2H3. The van der Waals surface area contributed by atoms with Crippen molar-refractivity contribution in [2.24, 2.45) is 5.73 Å². The van der Waals surface area contributed by atoms with Crippen molar-refractivity contribution in [2.45, 2.75) is 32.1 Å². The van der Waals surface area contributed by atoms with E-state index in [2.05, 4.69) is 0 Å². The molecule has 14 heavy (non-hydrogen) atoms. The summed E-state index contributed by atoms with van der Waals surface area (Å²) in [6.45, 7) is 4.57. The van der Waals surface area contributed by atoms with Gasteiger partial charge in [0.05, 0.1) is 0 Å². The maximum atomic E-state index is 13.7. The fraction of sp³-hybridized carbons (Fsp3) is 0.500. The van der Waals surface area contributed by atoms with E-state index in [0.717, 1.165) is 29.5 Å². The van der Waals surface area contributed by atoms with E-state index in [1.807, 2.05) is 19.9 Å². The first-order valence-electron chi connectivity index (χ1n) is 5.07. The second-order valence-electron chi connectivity index (χ2n) is 4.35. The summed E-state index contributed by atoms with van der Waals surface area (Å²) in [7, 11) is 0. The molecule has 0 radical (unpaired) electrons. The lowest BCUT2D eigenvalue weighted by atomic mass is 9.89. The number of rotatable bonds is 2. The Labute approximate surface area is 84.1 Å². The topological polar surface area (TPSA) is 26.0 Å². The Morgan fingerprint density at radius 2 is 2.00 bits per heavy atom. The highest BCUT2D eigenvalue weighted by molar-refractivity contribution is 5.43. The van der Waals surface area contributed by atoms with Crippen LogP contribution in [0, 0.1) is 19.7 Å². The second-order valence-corrected chi connectivity index (χ2v) is 4.35. The van der Waals surface area contributed by atoms with Gasteiger partial charge in [0.15, 0.2) is 0 Å². The van der Waals surface area contributed by atoms with Crippen molar-refractivity contribution in [3.8, 4) is 0 Å². The molecule has 1 fully saturated rings. The average molecular weight is 193 g/mol. The van der Waals surface area contributed by atoms with E-state index in [-0.39, 0.29) is 11.2 Å². The predicted octanol–water partition coefficient (Wildman–Crippen LogP) is 2.43. The summed E-state index contributed by atoms with van der Waals surface area (Å²) in [5, 5.41) is 0. The van der Waals surface area contributed by atoms with Gasteiger partial charge in [-0.25, -0.2) is 4.39 Å². The molecule has 1 aliphatic carbocycles. The van der Waals surface area contributed by atoms with E-state index in [9.17, 15) is 4.39 Å². The van der Waals surface area contributed by atoms with Crippen LogP contribution in [0.25, 0.3) is 0 Å². The van der Waals surface area contributed by atoms with Crippen LogP contribution < -0.4 is 5.73 Å². The SMILES string of the molecule is Cc1ccc(F)c(C2(CN)CC2)c1C. The quantitative estimate of drug-likeness (QED) is 0.767. The lowest BCUT2D eigenvalue weighted by Crippen LogP contribution is -2.22. The molecule has 2 rings (SSSR count). The van der Waals surface area contributed by atoms with Crippen LogP contribution in [0.4, 0.5) is 4.39 Å². The van der Waals surface area contributed by atoms with Crippen molar-refractivity contribution in [3.63, 3.8) is 0 Å². The minimum atomic E-state index is -0.0870. The third-order valence-electron chi connectivity index (χ3n) is 3.46. The van der Waals surface area contributed by atoms with Gasteiger partial charge in [0, 0.05) is 12.0 Å². The summed E-state index contributed by atoms with van der Waals surface area (Å²) in [5.41, 5.74) is 8.77. The lowest BCUT2D eigenvalue weighted by molar-refractivity contribution is 0.569. The van der Waals surface area contributed by atoms with E-state index in [1.165, 1.54) is 0 Å². The van der Waals surface area contributed by atoms with E-state index >= 15 is 0 Å². The van der Waals surface area contributed by atoms with Gasteiger partial charge in [0.25, 0.3) is 0 Å².